The summed E-state index contributed by atoms with van der Waals surface area (Å²) in [5, 5.41) is -0.419. The molecule has 1 unspecified atom stereocenters. The zero-order chi connectivity index (χ0) is 21.2. The Morgan fingerprint density at radius 2 is 1.76 bits per heavy atom. The fourth-order valence-electron chi connectivity index (χ4n) is 3.03. The average molecular weight is 423 g/mol. The van der Waals surface area contributed by atoms with E-state index in [9.17, 15) is 13.2 Å². The van der Waals surface area contributed by atoms with Gasteiger partial charge in [-0.05, 0) is 24.3 Å². The Labute approximate surface area is 170 Å². The molecular formula is C20H18ClF3N4O. The van der Waals surface area contributed by atoms with Crippen molar-refractivity contribution in [2.75, 3.05) is 13.7 Å². The highest BCUT2D eigenvalue weighted by Crippen LogP contribution is 2.37. The standard InChI is InChI=1S/C20H18ClF3N4O/c1-29-17-5-3-2-4-14(17)19(26,10-25)18-9-16(27-11-28-18)12-6-7-13(15(21)8-12)20(22,23)24/h2-9,11H,10,25-26H2,1H3. The van der Waals surface area contributed by atoms with Crippen molar-refractivity contribution in [1.29, 1.82) is 0 Å². The van der Waals surface area contributed by atoms with E-state index in [2.05, 4.69) is 9.97 Å². The summed E-state index contributed by atoms with van der Waals surface area (Å²) in [4.78, 5) is 8.40. The van der Waals surface area contributed by atoms with Crippen LogP contribution in [0.2, 0.25) is 5.02 Å². The Balaban J connectivity index is 2.08. The van der Waals surface area contributed by atoms with Gasteiger partial charge in [-0.1, -0.05) is 35.9 Å². The molecule has 0 spiro atoms. The van der Waals surface area contributed by atoms with E-state index in [1.54, 1.807) is 30.3 Å². The molecule has 0 amide bonds. The molecule has 1 aromatic heterocycles. The molecule has 5 nitrogen and oxygen atoms in total. The van der Waals surface area contributed by atoms with E-state index in [-0.39, 0.29) is 6.54 Å². The van der Waals surface area contributed by atoms with Crippen LogP contribution in [0.25, 0.3) is 11.3 Å². The summed E-state index contributed by atoms with van der Waals surface area (Å²) in [6, 6.07) is 12.1. The molecule has 0 aliphatic carbocycles. The van der Waals surface area contributed by atoms with Crippen LogP contribution in [0.15, 0.2) is 54.9 Å². The van der Waals surface area contributed by atoms with Crippen LogP contribution in [0.4, 0.5) is 13.2 Å². The molecule has 2 aromatic carbocycles. The molecule has 3 aromatic rings. The van der Waals surface area contributed by atoms with Gasteiger partial charge >= 0.3 is 6.18 Å². The van der Waals surface area contributed by atoms with Gasteiger partial charge in [0.1, 0.15) is 12.1 Å². The minimum Gasteiger partial charge on any atom is -0.496 e. The number of nitrogens with two attached hydrogens (primary N) is 2. The van der Waals surface area contributed by atoms with E-state index in [0.717, 1.165) is 6.07 Å². The number of nitrogens with zero attached hydrogens (tertiary/aromatic N) is 2. The highest BCUT2D eigenvalue weighted by Gasteiger charge is 2.34. The number of alkyl halides is 3. The van der Waals surface area contributed by atoms with Crippen molar-refractivity contribution in [1.82, 2.24) is 9.97 Å². The summed E-state index contributed by atoms with van der Waals surface area (Å²) in [5.74, 6) is 0.540. The normalized spacial score (nSPS) is 13.8. The summed E-state index contributed by atoms with van der Waals surface area (Å²) >= 11 is 5.83. The highest BCUT2D eigenvalue weighted by molar-refractivity contribution is 6.31. The lowest BCUT2D eigenvalue weighted by Crippen LogP contribution is -2.46. The number of aromatic nitrogens is 2. The summed E-state index contributed by atoms with van der Waals surface area (Å²) in [6.07, 6.45) is -3.26. The molecule has 9 heteroatoms. The molecule has 0 aliphatic rings. The molecule has 0 fully saturated rings. The van der Waals surface area contributed by atoms with Gasteiger partial charge in [0.25, 0.3) is 0 Å². The van der Waals surface area contributed by atoms with Crippen molar-refractivity contribution in [2.45, 2.75) is 11.7 Å². The molecule has 0 bridgehead atoms. The number of hydrogen-bond acceptors (Lipinski definition) is 5. The predicted molar refractivity (Wildman–Crippen MR) is 104 cm³/mol. The number of hydrogen-bond donors (Lipinski definition) is 2. The van der Waals surface area contributed by atoms with Crippen LogP contribution in [0, 0.1) is 0 Å². The van der Waals surface area contributed by atoms with Gasteiger partial charge in [-0.2, -0.15) is 13.2 Å². The van der Waals surface area contributed by atoms with Gasteiger partial charge in [0.05, 0.1) is 34.6 Å². The third-order valence-corrected chi connectivity index (χ3v) is 4.92. The lowest BCUT2D eigenvalue weighted by Gasteiger charge is -2.29. The lowest BCUT2D eigenvalue weighted by atomic mass is 9.86. The van der Waals surface area contributed by atoms with Crippen molar-refractivity contribution < 1.29 is 17.9 Å². The third kappa shape index (κ3) is 4.05. The molecule has 0 saturated carbocycles. The molecule has 0 saturated heterocycles. The average Bonchev–Trinajstić information content (AvgIpc) is 2.72. The molecule has 29 heavy (non-hydrogen) atoms. The van der Waals surface area contributed by atoms with Crippen molar-refractivity contribution in [3.8, 4) is 17.0 Å². The van der Waals surface area contributed by atoms with Crippen LogP contribution >= 0.6 is 11.6 Å². The molecule has 4 N–H and O–H groups in total. The van der Waals surface area contributed by atoms with E-state index in [1.165, 1.54) is 25.6 Å². The first-order valence-corrected chi connectivity index (χ1v) is 8.90. The second kappa shape index (κ2) is 7.98. The maximum atomic E-state index is 13.0. The maximum absolute atomic E-state index is 13.0. The highest BCUT2D eigenvalue weighted by atomic mass is 35.5. The zero-order valence-corrected chi connectivity index (χ0v) is 16.1. The first-order chi connectivity index (χ1) is 13.7. The smallest absolute Gasteiger partial charge is 0.417 e. The summed E-state index contributed by atoms with van der Waals surface area (Å²) in [7, 11) is 1.52. The SMILES string of the molecule is COc1ccccc1C(N)(CN)c1cc(-c2ccc(C(F)(F)F)c(Cl)c2)ncn1. The van der Waals surface area contributed by atoms with Crippen LogP contribution in [-0.4, -0.2) is 23.6 Å². The minimum atomic E-state index is -4.54. The topological polar surface area (TPSA) is 87.0 Å². The second-order valence-electron chi connectivity index (χ2n) is 6.36. The lowest BCUT2D eigenvalue weighted by molar-refractivity contribution is -0.137. The monoisotopic (exact) mass is 422 g/mol. The van der Waals surface area contributed by atoms with E-state index in [0.29, 0.717) is 28.3 Å². The molecular weight excluding hydrogens is 405 g/mol. The largest absolute Gasteiger partial charge is 0.496 e. The Bertz CT molecular complexity index is 1030. The van der Waals surface area contributed by atoms with Crippen LogP contribution in [0.3, 0.4) is 0 Å². The number of benzene rings is 2. The molecule has 1 atom stereocenters. The Hall–Kier alpha value is -2.68. The molecule has 3 rings (SSSR count). The molecule has 152 valence electrons. The minimum absolute atomic E-state index is 0.0115. The molecule has 1 heterocycles. The van der Waals surface area contributed by atoms with Crippen molar-refractivity contribution in [3.05, 3.63) is 76.7 Å². The number of methoxy groups -OCH3 is 1. The maximum Gasteiger partial charge on any atom is 0.417 e. The van der Waals surface area contributed by atoms with E-state index >= 15 is 0 Å². The number of para-hydroxylation sites is 1. The van der Waals surface area contributed by atoms with Crippen molar-refractivity contribution in [3.63, 3.8) is 0 Å². The summed E-state index contributed by atoms with van der Waals surface area (Å²) in [6.45, 7) is 0.0115. The summed E-state index contributed by atoms with van der Waals surface area (Å²) in [5.41, 5.74) is 12.3. The van der Waals surface area contributed by atoms with Gasteiger partial charge in [-0.25, -0.2) is 9.97 Å². The fourth-order valence-corrected chi connectivity index (χ4v) is 3.32. The van der Waals surface area contributed by atoms with Gasteiger partial charge in [0.2, 0.25) is 0 Å². The first-order valence-electron chi connectivity index (χ1n) is 8.53. The molecule has 0 aliphatic heterocycles. The number of rotatable bonds is 5. The van der Waals surface area contributed by atoms with Crippen LogP contribution in [0.1, 0.15) is 16.8 Å². The number of ether oxygens (including phenoxy) is 1. The molecule has 0 radical (unpaired) electrons. The fraction of sp³-hybridized carbons (Fsp3) is 0.200. The Morgan fingerprint density at radius 3 is 2.38 bits per heavy atom. The van der Waals surface area contributed by atoms with Crippen LogP contribution < -0.4 is 16.2 Å². The van der Waals surface area contributed by atoms with Crippen LogP contribution in [0.5, 0.6) is 5.75 Å². The van der Waals surface area contributed by atoms with Gasteiger partial charge in [-0.3, -0.25) is 0 Å². The van der Waals surface area contributed by atoms with Gasteiger partial charge < -0.3 is 16.2 Å². The summed E-state index contributed by atoms with van der Waals surface area (Å²) < 4.78 is 44.3. The van der Waals surface area contributed by atoms with Gasteiger partial charge in [0.15, 0.2) is 0 Å². The Kier molecular flexibility index (Phi) is 5.79. The van der Waals surface area contributed by atoms with Crippen LogP contribution in [-0.2, 0) is 11.7 Å². The third-order valence-electron chi connectivity index (χ3n) is 4.60. The van der Waals surface area contributed by atoms with Crippen molar-refractivity contribution >= 4 is 11.6 Å². The number of halogens is 4. The van der Waals surface area contributed by atoms with Crippen molar-refractivity contribution in [2.24, 2.45) is 11.5 Å². The second-order valence-corrected chi connectivity index (χ2v) is 6.76. The van der Waals surface area contributed by atoms with Gasteiger partial charge in [-0.15, -0.1) is 0 Å². The Morgan fingerprint density at radius 1 is 1.03 bits per heavy atom. The van der Waals surface area contributed by atoms with E-state index in [4.69, 9.17) is 27.8 Å². The first kappa shape index (κ1) is 21.0. The van der Waals surface area contributed by atoms with Gasteiger partial charge in [0, 0.05) is 17.7 Å². The predicted octanol–water partition coefficient (Wildman–Crippen LogP) is 3.99. The van der Waals surface area contributed by atoms with E-state index < -0.39 is 22.3 Å². The van der Waals surface area contributed by atoms with E-state index in [1.807, 2.05) is 0 Å². The quantitative estimate of drug-likeness (QED) is 0.649. The zero-order valence-electron chi connectivity index (χ0n) is 15.4.